The molecule has 2 heteroatoms. The van der Waals surface area contributed by atoms with Gasteiger partial charge < -0.3 is 4.74 Å². The molecule has 0 spiro atoms. The molecule has 1 radical (unpaired) electrons. The van der Waals surface area contributed by atoms with Crippen LogP contribution in [0.3, 0.4) is 0 Å². The molecule has 0 bridgehead atoms. The van der Waals surface area contributed by atoms with Crippen molar-refractivity contribution in [3.63, 3.8) is 0 Å². The predicted octanol–water partition coefficient (Wildman–Crippen LogP) is 4.41. The Balaban J connectivity index is 3.65. The number of hydrogen-bond acceptors (Lipinski definition) is 1. The van der Waals surface area contributed by atoms with Gasteiger partial charge >= 0.3 is 0 Å². The second kappa shape index (κ2) is 10.1. The van der Waals surface area contributed by atoms with Crippen molar-refractivity contribution in [1.82, 2.24) is 0 Å². The van der Waals surface area contributed by atoms with Crippen LogP contribution in [0, 0.1) is 11.8 Å². The summed E-state index contributed by atoms with van der Waals surface area (Å²) in [6, 6.07) is 0. The highest BCUT2D eigenvalue weighted by Crippen LogP contribution is 2.16. The van der Waals surface area contributed by atoms with Crippen molar-refractivity contribution in [2.24, 2.45) is 11.8 Å². The van der Waals surface area contributed by atoms with Crippen molar-refractivity contribution in [2.75, 3.05) is 6.61 Å². The second-order valence-electron chi connectivity index (χ2n) is 4.93. The van der Waals surface area contributed by atoms with Crippen LogP contribution in [0.5, 0.6) is 0 Å². The lowest BCUT2D eigenvalue weighted by atomic mass is 10.0. The van der Waals surface area contributed by atoms with Gasteiger partial charge in [0.25, 0.3) is 0 Å². The van der Waals surface area contributed by atoms with E-state index in [1.54, 1.807) is 0 Å². The minimum absolute atomic E-state index is 0.484. The van der Waals surface area contributed by atoms with E-state index in [1.165, 1.54) is 19.3 Å². The first kappa shape index (κ1) is 15.9. The fourth-order valence-corrected chi connectivity index (χ4v) is 1.70. The molecule has 0 aliphatic heterocycles. The van der Waals surface area contributed by atoms with Crippen LogP contribution in [0.15, 0.2) is 0 Å². The Hall–Kier alpha value is -0.0800. The van der Waals surface area contributed by atoms with E-state index in [0.717, 1.165) is 12.8 Å². The van der Waals surface area contributed by atoms with Crippen LogP contribution >= 0.6 is 0 Å². The van der Waals surface area contributed by atoms with Gasteiger partial charge in [-0.05, 0) is 18.3 Å². The van der Waals surface area contributed by atoms with Crippen LogP contribution in [0.2, 0.25) is 0 Å². The van der Waals surface area contributed by atoms with Crippen molar-refractivity contribution < 1.29 is 9.84 Å². The fraction of sp³-hybridized carbons (Fsp3) is 1.00. The highest BCUT2D eigenvalue weighted by molar-refractivity contribution is 4.58. The summed E-state index contributed by atoms with van der Waals surface area (Å²) < 4.78 is 5.41. The van der Waals surface area contributed by atoms with Crippen LogP contribution < -0.4 is 0 Å². The standard InChI is InChI=1S/C14H29O2/c1-5-8-9-13(7-3)11-16-14(15)10-12(4)6-2/h12-14H,5-11H2,1-4H3. The molecule has 0 N–H and O–H groups in total. The van der Waals surface area contributed by atoms with Gasteiger partial charge in [-0.15, -0.1) is 0 Å². The topological polar surface area (TPSA) is 29.1 Å². The summed E-state index contributed by atoms with van der Waals surface area (Å²) in [6.07, 6.45) is 5.70. The quantitative estimate of drug-likeness (QED) is 0.510. The normalized spacial score (nSPS) is 17.1. The van der Waals surface area contributed by atoms with Gasteiger partial charge in [0, 0.05) is 6.42 Å². The van der Waals surface area contributed by atoms with Gasteiger partial charge in [-0.25, -0.2) is 5.11 Å². The molecular formula is C14H29O2. The Labute approximate surface area is 101 Å². The molecule has 0 rings (SSSR count). The maximum Gasteiger partial charge on any atom is 0.191 e. The molecule has 0 saturated heterocycles. The Morgan fingerprint density at radius 1 is 1.12 bits per heavy atom. The molecule has 0 aliphatic carbocycles. The van der Waals surface area contributed by atoms with Crippen LogP contribution in [-0.4, -0.2) is 12.9 Å². The summed E-state index contributed by atoms with van der Waals surface area (Å²) in [4.78, 5) is 0. The van der Waals surface area contributed by atoms with E-state index in [-0.39, 0.29) is 0 Å². The molecule has 3 atom stereocenters. The van der Waals surface area contributed by atoms with Crippen LogP contribution in [-0.2, 0) is 9.84 Å². The average molecular weight is 229 g/mol. The van der Waals surface area contributed by atoms with E-state index < -0.39 is 6.29 Å². The number of ether oxygens (including phenoxy) is 1. The zero-order chi connectivity index (χ0) is 12.4. The van der Waals surface area contributed by atoms with Gasteiger partial charge in [-0.1, -0.05) is 53.4 Å². The zero-order valence-corrected chi connectivity index (χ0v) is 11.5. The third-order valence-electron chi connectivity index (χ3n) is 3.35. The first-order valence-corrected chi connectivity index (χ1v) is 6.91. The maximum atomic E-state index is 11.6. The van der Waals surface area contributed by atoms with E-state index in [0.29, 0.717) is 24.9 Å². The molecule has 97 valence electrons. The van der Waals surface area contributed by atoms with Crippen molar-refractivity contribution in [1.29, 1.82) is 0 Å². The summed E-state index contributed by atoms with van der Waals surface area (Å²) in [5.41, 5.74) is 0. The highest BCUT2D eigenvalue weighted by Gasteiger charge is 2.13. The van der Waals surface area contributed by atoms with Gasteiger partial charge in [0.1, 0.15) is 0 Å². The number of rotatable bonds is 10. The molecule has 16 heavy (non-hydrogen) atoms. The molecule has 0 aromatic rings. The molecular weight excluding hydrogens is 200 g/mol. The Bertz CT molecular complexity index is 148. The average Bonchev–Trinajstić information content (AvgIpc) is 2.29. The number of unbranched alkanes of at least 4 members (excludes halogenated alkanes) is 1. The fourth-order valence-electron chi connectivity index (χ4n) is 1.70. The lowest BCUT2D eigenvalue weighted by molar-refractivity contribution is -0.157. The van der Waals surface area contributed by atoms with Gasteiger partial charge in [0.2, 0.25) is 0 Å². The summed E-state index contributed by atoms with van der Waals surface area (Å²) >= 11 is 0. The van der Waals surface area contributed by atoms with Gasteiger partial charge in [0.15, 0.2) is 6.29 Å². The van der Waals surface area contributed by atoms with Crippen LogP contribution in [0.25, 0.3) is 0 Å². The summed E-state index contributed by atoms with van der Waals surface area (Å²) in [6.45, 7) is 9.27. The van der Waals surface area contributed by atoms with E-state index >= 15 is 0 Å². The Kier molecular flexibility index (Phi) is 10.0. The third kappa shape index (κ3) is 8.12. The molecule has 0 fully saturated rings. The lowest BCUT2D eigenvalue weighted by Gasteiger charge is -2.18. The van der Waals surface area contributed by atoms with E-state index in [2.05, 4.69) is 27.7 Å². The Morgan fingerprint density at radius 3 is 2.31 bits per heavy atom. The largest absolute Gasteiger partial charge is 0.349 e. The molecule has 0 amide bonds. The lowest BCUT2D eigenvalue weighted by Crippen LogP contribution is -2.19. The second-order valence-corrected chi connectivity index (χ2v) is 4.93. The predicted molar refractivity (Wildman–Crippen MR) is 67.8 cm³/mol. The summed E-state index contributed by atoms with van der Waals surface area (Å²) in [5, 5.41) is 11.6. The zero-order valence-electron chi connectivity index (χ0n) is 11.5. The third-order valence-corrected chi connectivity index (χ3v) is 3.35. The molecule has 0 heterocycles. The van der Waals surface area contributed by atoms with Gasteiger partial charge in [-0.2, -0.15) is 0 Å². The molecule has 0 saturated carbocycles. The highest BCUT2D eigenvalue weighted by atomic mass is 16.6. The van der Waals surface area contributed by atoms with E-state index in [1.807, 2.05) is 0 Å². The summed E-state index contributed by atoms with van der Waals surface area (Å²) in [5.74, 6) is 1.06. The van der Waals surface area contributed by atoms with Crippen molar-refractivity contribution >= 4 is 0 Å². The van der Waals surface area contributed by atoms with Gasteiger partial charge in [-0.3, -0.25) is 0 Å². The first-order chi connectivity index (χ1) is 7.63. The Morgan fingerprint density at radius 2 is 1.81 bits per heavy atom. The first-order valence-electron chi connectivity index (χ1n) is 6.91. The van der Waals surface area contributed by atoms with Gasteiger partial charge in [0.05, 0.1) is 6.61 Å². The maximum absolute atomic E-state index is 11.6. The molecule has 3 unspecified atom stereocenters. The van der Waals surface area contributed by atoms with E-state index in [9.17, 15) is 5.11 Å². The number of hydrogen-bond donors (Lipinski definition) is 0. The summed E-state index contributed by atoms with van der Waals surface area (Å²) in [7, 11) is 0. The SMILES string of the molecule is CCCCC(CC)COC([O])CC(C)CC. The molecule has 0 aromatic heterocycles. The van der Waals surface area contributed by atoms with Crippen molar-refractivity contribution in [2.45, 2.75) is 72.5 Å². The smallest absolute Gasteiger partial charge is 0.191 e. The molecule has 0 aromatic carbocycles. The van der Waals surface area contributed by atoms with Crippen molar-refractivity contribution in [3.05, 3.63) is 0 Å². The van der Waals surface area contributed by atoms with Crippen molar-refractivity contribution in [3.8, 4) is 0 Å². The monoisotopic (exact) mass is 229 g/mol. The minimum atomic E-state index is -0.814. The molecule has 0 aliphatic rings. The molecule has 2 nitrogen and oxygen atoms in total. The van der Waals surface area contributed by atoms with E-state index in [4.69, 9.17) is 4.74 Å². The van der Waals surface area contributed by atoms with Crippen LogP contribution in [0.4, 0.5) is 0 Å². The van der Waals surface area contributed by atoms with Crippen LogP contribution in [0.1, 0.15) is 66.2 Å². The minimum Gasteiger partial charge on any atom is -0.349 e.